The third-order valence-electron chi connectivity index (χ3n) is 3.23. The van der Waals surface area contributed by atoms with Crippen molar-refractivity contribution in [1.82, 2.24) is 0 Å². The van der Waals surface area contributed by atoms with E-state index in [2.05, 4.69) is 6.07 Å². The Morgan fingerprint density at radius 3 is 2.00 bits per heavy atom. The first-order valence-electron chi connectivity index (χ1n) is 6.41. The highest BCUT2D eigenvalue weighted by molar-refractivity contribution is 6.06. The Balaban J connectivity index is 2.36. The van der Waals surface area contributed by atoms with Gasteiger partial charge in [0.2, 0.25) is 0 Å². The first kappa shape index (κ1) is 11.7. The quantitative estimate of drug-likeness (QED) is 0.385. The number of benzene rings is 3. The molecule has 3 rings (SSSR count). The summed E-state index contributed by atoms with van der Waals surface area (Å²) in [7, 11) is 0. The van der Waals surface area contributed by atoms with E-state index in [9.17, 15) is 4.79 Å². The van der Waals surface area contributed by atoms with E-state index in [1.54, 1.807) is 6.92 Å². The first-order chi connectivity index (χ1) is 9.29. The van der Waals surface area contributed by atoms with Crippen LogP contribution in [0.5, 0.6) is 5.75 Å². The van der Waals surface area contributed by atoms with Gasteiger partial charge < -0.3 is 4.74 Å². The van der Waals surface area contributed by atoms with Gasteiger partial charge >= 0.3 is 5.97 Å². The topological polar surface area (TPSA) is 26.3 Å². The lowest BCUT2D eigenvalue weighted by molar-refractivity contribution is -0.133. The van der Waals surface area contributed by atoms with Crippen molar-refractivity contribution in [2.75, 3.05) is 0 Å². The number of hydrogen-bond donors (Lipinski definition) is 0. The standard InChI is InChI=1S/C17H14O2/c1-2-16(18)19-17-14-9-5-3-7-12(14)11-13-8-4-6-10-15(13)17/h3-11H,2H2,1H3. The van der Waals surface area contributed by atoms with Crippen molar-refractivity contribution < 1.29 is 9.53 Å². The summed E-state index contributed by atoms with van der Waals surface area (Å²) in [4.78, 5) is 11.6. The molecular weight excluding hydrogens is 236 g/mol. The molecule has 2 nitrogen and oxygen atoms in total. The highest BCUT2D eigenvalue weighted by atomic mass is 16.5. The molecule has 0 unspecified atom stereocenters. The van der Waals surface area contributed by atoms with E-state index in [0.717, 1.165) is 21.5 Å². The molecule has 3 aromatic rings. The van der Waals surface area contributed by atoms with E-state index in [4.69, 9.17) is 4.74 Å². The number of ether oxygens (including phenoxy) is 1. The summed E-state index contributed by atoms with van der Waals surface area (Å²) in [5.74, 6) is 0.460. The second kappa shape index (κ2) is 4.73. The third-order valence-corrected chi connectivity index (χ3v) is 3.23. The van der Waals surface area contributed by atoms with Crippen LogP contribution in [0.4, 0.5) is 0 Å². The fourth-order valence-corrected chi connectivity index (χ4v) is 2.27. The number of hydrogen-bond acceptors (Lipinski definition) is 2. The maximum Gasteiger partial charge on any atom is 0.310 e. The molecule has 0 spiro atoms. The van der Waals surface area contributed by atoms with Gasteiger partial charge in [-0.05, 0) is 16.8 Å². The second-order valence-corrected chi connectivity index (χ2v) is 4.48. The number of carbonyl (C=O) groups excluding carboxylic acids is 1. The number of carbonyl (C=O) groups is 1. The van der Waals surface area contributed by atoms with Crippen LogP contribution in [0.3, 0.4) is 0 Å². The summed E-state index contributed by atoms with van der Waals surface area (Å²) in [6.07, 6.45) is 0.373. The zero-order valence-electron chi connectivity index (χ0n) is 10.7. The van der Waals surface area contributed by atoms with Crippen LogP contribution in [0.15, 0.2) is 54.6 Å². The predicted molar refractivity (Wildman–Crippen MR) is 77.4 cm³/mol. The molecule has 0 saturated heterocycles. The van der Waals surface area contributed by atoms with Crippen molar-refractivity contribution in [2.24, 2.45) is 0 Å². The van der Waals surface area contributed by atoms with Gasteiger partial charge in [0.05, 0.1) is 0 Å². The van der Waals surface area contributed by atoms with E-state index in [-0.39, 0.29) is 5.97 Å². The van der Waals surface area contributed by atoms with Gasteiger partial charge in [-0.25, -0.2) is 0 Å². The van der Waals surface area contributed by atoms with Crippen LogP contribution in [0.1, 0.15) is 13.3 Å². The fourth-order valence-electron chi connectivity index (χ4n) is 2.27. The van der Waals surface area contributed by atoms with Crippen LogP contribution >= 0.6 is 0 Å². The maximum atomic E-state index is 11.6. The Kier molecular flexibility index (Phi) is 2.92. The molecular formula is C17H14O2. The Labute approximate surface area is 111 Å². The Morgan fingerprint density at radius 1 is 0.947 bits per heavy atom. The molecule has 0 amide bonds. The number of fused-ring (bicyclic) bond motifs is 2. The third kappa shape index (κ3) is 2.06. The molecule has 0 aliphatic rings. The Morgan fingerprint density at radius 2 is 1.47 bits per heavy atom. The predicted octanol–water partition coefficient (Wildman–Crippen LogP) is 4.31. The monoisotopic (exact) mass is 250 g/mol. The van der Waals surface area contributed by atoms with Crippen molar-refractivity contribution in [1.29, 1.82) is 0 Å². The minimum Gasteiger partial charge on any atom is -0.425 e. The molecule has 0 heterocycles. The van der Waals surface area contributed by atoms with Crippen LogP contribution in [0, 0.1) is 0 Å². The van der Waals surface area contributed by atoms with Gasteiger partial charge in [-0.2, -0.15) is 0 Å². The summed E-state index contributed by atoms with van der Waals surface area (Å²) in [6.45, 7) is 1.80. The van der Waals surface area contributed by atoms with Crippen LogP contribution in [0.25, 0.3) is 21.5 Å². The smallest absolute Gasteiger partial charge is 0.310 e. The Hall–Kier alpha value is -2.35. The second-order valence-electron chi connectivity index (χ2n) is 4.48. The number of esters is 1. The van der Waals surface area contributed by atoms with E-state index < -0.39 is 0 Å². The normalized spacial score (nSPS) is 10.8. The maximum absolute atomic E-state index is 11.6. The highest BCUT2D eigenvalue weighted by Crippen LogP contribution is 2.34. The zero-order chi connectivity index (χ0) is 13.2. The first-order valence-corrected chi connectivity index (χ1v) is 6.41. The molecule has 0 aliphatic heterocycles. The van der Waals surface area contributed by atoms with Gasteiger partial charge in [0, 0.05) is 17.2 Å². The molecule has 0 saturated carbocycles. The van der Waals surface area contributed by atoms with Crippen LogP contribution in [0.2, 0.25) is 0 Å². The molecule has 19 heavy (non-hydrogen) atoms. The summed E-state index contributed by atoms with van der Waals surface area (Å²) in [6, 6.07) is 18.1. The van der Waals surface area contributed by atoms with Gasteiger partial charge in [-0.15, -0.1) is 0 Å². The molecule has 94 valence electrons. The minimum atomic E-state index is -0.207. The van der Waals surface area contributed by atoms with Crippen molar-refractivity contribution in [2.45, 2.75) is 13.3 Å². The Bertz CT molecular complexity index is 705. The summed E-state index contributed by atoms with van der Waals surface area (Å²) >= 11 is 0. The summed E-state index contributed by atoms with van der Waals surface area (Å²) in [5.41, 5.74) is 0. The lowest BCUT2D eigenvalue weighted by atomic mass is 10.0. The van der Waals surface area contributed by atoms with E-state index in [1.165, 1.54) is 0 Å². The minimum absolute atomic E-state index is 0.207. The lowest BCUT2D eigenvalue weighted by Gasteiger charge is -2.11. The molecule has 0 aromatic heterocycles. The van der Waals surface area contributed by atoms with Crippen molar-refractivity contribution in [3.05, 3.63) is 54.6 Å². The van der Waals surface area contributed by atoms with Gasteiger partial charge in [-0.3, -0.25) is 4.79 Å². The van der Waals surface area contributed by atoms with Crippen molar-refractivity contribution in [3.8, 4) is 5.75 Å². The van der Waals surface area contributed by atoms with Gasteiger partial charge in [0.25, 0.3) is 0 Å². The molecule has 0 radical (unpaired) electrons. The molecule has 0 fully saturated rings. The van der Waals surface area contributed by atoms with Crippen LogP contribution in [-0.4, -0.2) is 5.97 Å². The molecule has 0 atom stereocenters. The summed E-state index contributed by atoms with van der Waals surface area (Å²) in [5, 5.41) is 4.12. The largest absolute Gasteiger partial charge is 0.425 e. The van der Waals surface area contributed by atoms with Crippen molar-refractivity contribution in [3.63, 3.8) is 0 Å². The summed E-state index contributed by atoms with van der Waals surface area (Å²) < 4.78 is 5.55. The van der Waals surface area contributed by atoms with E-state index >= 15 is 0 Å². The molecule has 0 N–H and O–H groups in total. The van der Waals surface area contributed by atoms with Crippen LogP contribution in [-0.2, 0) is 4.79 Å². The van der Waals surface area contributed by atoms with Gasteiger partial charge in [0.15, 0.2) is 0 Å². The van der Waals surface area contributed by atoms with Crippen molar-refractivity contribution >= 4 is 27.5 Å². The lowest BCUT2D eigenvalue weighted by Crippen LogP contribution is -2.06. The highest BCUT2D eigenvalue weighted by Gasteiger charge is 2.11. The molecule has 3 aromatic carbocycles. The van der Waals surface area contributed by atoms with E-state index in [1.807, 2.05) is 48.5 Å². The molecule has 2 heteroatoms. The van der Waals surface area contributed by atoms with Gasteiger partial charge in [0.1, 0.15) is 5.75 Å². The number of rotatable bonds is 2. The average Bonchev–Trinajstić information content (AvgIpc) is 2.46. The molecule has 0 bridgehead atoms. The van der Waals surface area contributed by atoms with Crippen LogP contribution < -0.4 is 4.74 Å². The zero-order valence-corrected chi connectivity index (χ0v) is 10.7. The average molecular weight is 250 g/mol. The van der Waals surface area contributed by atoms with E-state index in [0.29, 0.717) is 12.2 Å². The molecule has 0 aliphatic carbocycles. The SMILES string of the molecule is CCC(=O)Oc1c2ccccc2cc2ccccc12. The fraction of sp³-hybridized carbons (Fsp3) is 0.118. The van der Waals surface area contributed by atoms with Gasteiger partial charge in [-0.1, -0.05) is 55.5 Å².